The molecule has 1 saturated heterocycles. The Morgan fingerprint density at radius 3 is 2.59 bits per heavy atom. The minimum absolute atomic E-state index is 0.169. The van der Waals surface area contributed by atoms with Crippen molar-refractivity contribution in [3.8, 4) is 0 Å². The average Bonchev–Trinajstić information content (AvgIpc) is 3.11. The van der Waals surface area contributed by atoms with Crippen molar-refractivity contribution in [1.82, 2.24) is 4.90 Å². The fourth-order valence-corrected chi connectivity index (χ4v) is 3.32. The molecule has 1 N–H and O–H groups in total. The van der Waals surface area contributed by atoms with E-state index >= 15 is 0 Å². The van der Waals surface area contributed by atoms with Gasteiger partial charge in [0.05, 0.1) is 11.4 Å². The van der Waals surface area contributed by atoms with Crippen LogP contribution >= 0.6 is 0 Å². The predicted molar refractivity (Wildman–Crippen MR) is 110 cm³/mol. The summed E-state index contributed by atoms with van der Waals surface area (Å²) >= 11 is 0. The maximum absolute atomic E-state index is 12.4. The van der Waals surface area contributed by atoms with Gasteiger partial charge in [0, 0.05) is 37.6 Å². The molecule has 0 aliphatic carbocycles. The zero-order chi connectivity index (χ0) is 18.6. The van der Waals surface area contributed by atoms with Gasteiger partial charge in [0.1, 0.15) is 11.3 Å². The van der Waals surface area contributed by atoms with Crippen molar-refractivity contribution in [3.05, 3.63) is 66.4 Å². The Kier molecular flexibility index (Phi) is 4.94. The smallest absolute Gasteiger partial charge is 0.248 e. The molecular formula is C22H23N3O2. The number of anilines is 2. The minimum atomic E-state index is -0.169. The summed E-state index contributed by atoms with van der Waals surface area (Å²) in [5.41, 5.74) is 2.72. The van der Waals surface area contributed by atoms with Crippen molar-refractivity contribution in [2.45, 2.75) is 0 Å². The van der Waals surface area contributed by atoms with Gasteiger partial charge in [-0.2, -0.15) is 0 Å². The fraction of sp³-hybridized carbons (Fsp3) is 0.227. The Labute approximate surface area is 158 Å². The standard InChI is InChI=1S/C22H23N3O2/c1-24-12-14-25(15-13-24)20-8-4-3-7-19(20)23-22(26)11-10-18-16-17-6-2-5-9-21(17)27-18/h2-11,16H,12-15H2,1H3,(H,23,26)/b11-10+. The van der Waals surface area contributed by atoms with Crippen molar-refractivity contribution in [3.63, 3.8) is 0 Å². The van der Waals surface area contributed by atoms with Gasteiger partial charge in [0.15, 0.2) is 0 Å². The quantitative estimate of drug-likeness (QED) is 0.718. The molecule has 1 aromatic heterocycles. The molecule has 2 aromatic carbocycles. The molecule has 2 heterocycles. The molecule has 0 unspecified atom stereocenters. The number of hydrogen-bond acceptors (Lipinski definition) is 4. The van der Waals surface area contributed by atoms with Crippen LogP contribution in [0.1, 0.15) is 5.76 Å². The summed E-state index contributed by atoms with van der Waals surface area (Å²) in [6.45, 7) is 3.96. The number of piperazine rings is 1. The largest absolute Gasteiger partial charge is 0.457 e. The number of carbonyl (C=O) groups is 1. The van der Waals surface area contributed by atoms with Crippen LogP contribution in [-0.2, 0) is 4.79 Å². The number of likely N-dealkylation sites (N-methyl/N-ethyl adjacent to an activating group) is 1. The van der Waals surface area contributed by atoms with Crippen LogP contribution in [0, 0.1) is 0 Å². The van der Waals surface area contributed by atoms with E-state index in [1.165, 1.54) is 6.08 Å². The summed E-state index contributed by atoms with van der Waals surface area (Å²) in [5, 5.41) is 4.03. The number of rotatable bonds is 4. The van der Waals surface area contributed by atoms with E-state index in [2.05, 4.69) is 28.2 Å². The monoisotopic (exact) mass is 361 g/mol. The maximum atomic E-state index is 12.4. The molecule has 1 aliphatic heterocycles. The Bertz CT molecular complexity index is 935. The van der Waals surface area contributed by atoms with Gasteiger partial charge in [0.25, 0.3) is 0 Å². The van der Waals surface area contributed by atoms with Crippen LogP contribution in [0.2, 0.25) is 0 Å². The summed E-state index contributed by atoms with van der Waals surface area (Å²) in [4.78, 5) is 17.1. The van der Waals surface area contributed by atoms with Crippen LogP contribution in [0.15, 0.2) is 65.1 Å². The fourth-order valence-electron chi connectivity index (χ4n) is 3.32. The Morgan fingerprint density at radius 1 is 1.04 bits per heavy atom. The Morgan fingerprint density at radius 2 is 1.78 bits per heavy atom. The number of nitrogens with zero attached hydrogens (tertiary/aromatic N) is 2. The molecule has 0 saturated carbocycles. The molecule has 1 aliphatic rings. The third-order valence-electron chi connectivity index (χ3n) is 4.85. The average molecular weight is 361 g/mol. The zero-order valence-corrected chi connectivity index (χ0v) is 15.4. The highest BCUT2D eigenvalue weighted by molar-refractivity contribution is 6.03. The lowest BCUT2D eigenvalue weighted by Gasteiger charge is -2.35. The lowest BCUT2D eigenvalue weighted by molar-refractivity contribution is -0.111. The summed E-state index contributed by atoms with van der Waals surface area (Å²) < 4.78 is 5.72. The van der Waals surface area contributed by atoms with E-state index in [4.69, 9.17) is 4.42 Å². The second kappa shape index (κ2) is 7.68. The molecule has 0 atom stereocenters. The number of benzene rings is 2. The van der Waals surface area contributed by atoms with Crippen LogP contribution in [0.4, 0.5) is 11.4 Å². The molecular weight excluding hydrogens is 338 g/mol. The third kappa shape index (κ3) is 4.04. The van der Waals surface area contributed by atoms with Crippen molar-refractivity contribution >= 4 is 34.3 Å². The van der Waals surface area contributed by atoms with Crippen LogP contribution in [0.5, 0.6) is 0 Å². The molecule has 5 heteroatoms. The van der Waals surface area contributed by atoms with E-state index in [1.807, 2.05) is 48.5 Å². The first kappa shape index (κ1) is 17.4. The summed E-state index contributed by atoms with van der Waals surface area (Å²) in [6.07, 6.45) is 3.21. The number of nitrogens with one attached hydrogen (secondary N) is 1. The van der Waals surface area contributed by atoms with E-state index in [9.17, 15) is 4.79 Å². The van der Waals surface area contributed by atoms with Crippen LogP contribution < -0.4 is 10.2 Å². The normalized spacial score (nSPS) is 15.5. The van der Waals surface area contributed by atoms with Gasteiger partial charge in [-0.1, -0.05) is 30.3 Å². The number of hydrogen-bond donors (Lipinski definition) is 1. The molecule has 0 bridgehead atoms. The lowest BCUT2D eigenvalue weighted by Crippen LogP contribution is -2.44. The van der Waals surface area contributed by atoms with Crippen LogP contribution in [-0.4, -0.2) is 44.0 Å². The highest BCUT2D eigenvalue weighted by atomic mass is 16.3. The molecule has 3 aromatic rings. The van der Waals surface area contributed by atoms with Crippen molar-refractivity contribution in [1.29, 1.82) is 0 Å². The van der Waals surface area contributed by atoms with Crippen LogP contribution in [0.25, 0.3) is 17.0 Å². The number of fused-ring (bicyclic) bond motifs is 1. The summed E-state index contributed by atoms with van der Waals surface area (Å²) in [7, 11) is 2.13. The molecule has 4 rings (SSSR count). The molecule has 5 nitrogen and oxygen atoms in total. The van der Waals surface area contributed by atoms with Crippen molar-refractivity contribution in [2.24, 2.45) is 0 Å². The molecule has 27 heavy (non-hydrogen) atoms. The molecule has 138 valence electrons. The first-order chi connectivity index (χ1) is 13.2. The number of amides is 1. The number of carbonyl (C=O) groups excluding carboxylic acids is 1. The van der Waals surface area contributed by atoms with E-state index in [0.29, 0.717) is 5.76 Å². The first-order valence-electron chi connectivity index (χ1n) is 9.19. The summed E-state index contributed by atoms with van der Waals surface area (Å²) in [5.74, 6) is 0.496. The molecule has 0 spiro atoms. The van der Waals surface area contributed by atoms with E-state index in [1.54, 1.807) is 6.08 Å². The highest BCUT2D eigenvalue weighted by Gasteiger charge is 2.17. The topological polar surface area (TPSA) is 48.7 Å². The van der Waals surface area contributed by atoms with Gasteiger partial charge in [-0.3, -0.25) is 4.79 Å². The van der Waals surface area contributed by atoms with E-state index in [-0.39, 0.29) is 5.91 Å². The number of para-hydroxylation sites is 3. The predicted octanol–water partition coefficient (Wildman–Crippen LogP) is 3.84. The lowest BCUT2D eigenvalue weighted by atomic mass is 10.2. The second-order valence-corrected chi connectivity index (χ2v) is 6.82. The minimum Gasteiger partial charge on any atom is -0.457 e. The van der Waals surface area contributed by atoms with Gasteiger partial charge in [-0.05, 0) is 37.4 Å². The second-order valence-electron chi connectivity index (χ2n) is 6.82. The summed E-state index contributed by atoms with van der Waals surface area (Å²) in [6, 6.07) is 17.7. The van der Waals surface area contributed by atoms with Crippen molar-refractivity contribution in [2.75, 3.05) is 43.4 Å². The van der Waals surface area contributed by atoms with Gasteiger partial charge in [0.2, 0.25) is 5.91 Å². The molecule has 0 radical (unpaired) electrons. The van der Waals surface area contributed by atoms with Gasteiger partial charge in [-0.15, -0.1) is 0 Å². The SMILES string of the molecule is CN1CCN(c2ccccc2NC(=O)/C=C/c2cc3ccccc3o2)CC1. The third-order valence-corrected chi connectivity index (χ3v) is 4.85. The number of furan rings is 1. The molecule has 1 amide bonds. The first-order valence-corrected chi connectivity index (χ1v) is 9.19. The Balaban J connectivity index is 1.46. The molecule has 1 fully saturated rings. The van der Waals surface area contributed by atoms with Crippen LogP contribution in [0.3, 0.4) is 0 Å². The Hall–Kier alpha value is -3.05. The van der Waals surface area contributed by atoms with E-state index < -0.39 is 0 Å². The van der Waals surface area contributed by atoms with Crippen molar-refractivity contribution < 1.29 is 9.21 Å². The van der Waals surface area contributed by atoms with Gasteiger partial charge < -0.3 is 19.5 Å². The maximum Gasteiger partial charge on any atom is 0.248 e. The van der Waals surface area contributed by atoms with E-state index in [0.717, 1.165) is 48.5 Å². The highest BCUT2D eigenvalue weighted by Crippen LogP contribution is 2.26. The van der Waals surface area contributed by atoms with Gasteiger partial charge in [-0.25, -0.2) is 0 Å². The van der Waals surface area contributed by atoms with Gasteiger partial charge >= 0.3 is 0 Å². The zero-order valence-electron chi connectivity index (χ0n) is 15.4.